The van der Waals surface area contributed by atoms with E-state index < -0.39 is 0 Å². The van der Waals surface area contributed by atoms with E-state index in [9.17, 15) is 0 Å². The molecule has 0 aliphatic carbocycles. The van der Waals surface area contributed by atoms with Crippen molar-refractivity contribution in [3.8, 4) is 5.75 Å². The SMILES string of the molecule is CNC(C)c1cc(Cl)ccc1OCc1ccc(CO)cc1. The number of hydrogen-bond donors (Lipinski definition) is 2. The van der Waals surface area contributed by atoms with Crippen molar-refractivity contribution in [1.29, 1.82) is 0 Å². The average Bonchev–Trinajstić information content (AvgIpc) is 2.53. The highest BCUT2D eigenvalue weighted by molar-refractivity contribution is 6.30. The third-order valence-electron chi connectivity index (χ3n) is 3.47. The second-order valence-corrected chi connectivity index (χ2v) is 5.39. The van der Waals surface area contributed by atoms with E-state index in [2.05, 4.69) is 12.2 Å². The summed E-state index contributed by atoms with van der Waals surface area (Å²) in [5.41, 5.74) is 3.00. The molecular formula is C17H20ClNO2. The van der Waals surface area contributed by atoms with Crippen LogP contribution in [0, 0.1) is 0 Å². The van der Waals surface area contributed by atoms with Crippen molar-refractivity contribution in [2.75, 3.05) is 7.05 Å². The van der Waals surface area contributed by atoms with Crippen LogP contribution in [0.2, 0.25) is 5.02 Å². The van der Waals surface area contributed by atoms with Gasteiger partial charge in [-0.3, -0.25) is 0 Å². The summed E-state index contributed by atoms with van der Waals surface area (Å²) in [6.07, 6.45) is 0. The second kappa shape index (κ2) is 7.46. The van der Waals surface area contributed by atoms with Crippen molar-refractivity contribution >= 4 is 11.6 Å². The van der Waals surface area contributed by atoms with Crippen LogP contribution < -0.4 is 10.1 Å². The van der Waals surface area contributed by atoms with Crippen molar-refractivity contribution < 1.29 is 9.84 Å². The van der Waals surface area contributed by atoms with Gasteiger partial charge in [-0.2, -0.15) is 0 Å². The fraction of sp³-hybridized carbons (Fsp3) is 0.294. The lowest BCUT2D eigenvalue weighted by Crippen LogP contribution is -2.13. The number of hydrogen-bond acceptors (Lipinski definition) is 3. The molecule has 1 unspecified atom stereocenters. The third kappa shape index (κ3) is 4.21. The van der Waals surface area contributed by atoms with Crippen LogP contribution in [0.1, 0.15) is 29.7 Å². The first-order valence-electron chi connectivity index (χ1n) is 6.92. The number of aliphatic hydroxyl groups excluding tert-OH is 1. The number of aliphatic hydroxyl groups is 1. The topological polar surface area (TPSA) is 41.5 Å². The van der Waals surface area contributed by atoms with Crippen molar-refractivity contribution in [1.82, 2.24) is 5.32 Å². The van der Waals surface area contributed by atoms with Gasteiger partial charge in [0.05, 0.1) is 6.61 Å². The summed E-state index contributed by atoms with van der Waals surface area (Å²) in [4.78, 5) is 0. The maximum atomic E-state index is 9.04. The summed E-state index contributed by atoms with van der Waals surface area (Å²) >= 11 is 6.06. The maximum absolute atomic E-state index is 9.04. The van der Waals surface area contributed by atoms with Gasteiger partial charge in [-0.25, -0.2) is 0 Å². The van der Waals surface area contributed by atoms with Gasteiger partial charge in [0.1, 0.15) is 12.4 Å². The molecule has 112 valence electrons. The molecule has 0 spiro atoms. The summed E-state index contributed by atoms with van der Waals surface area (Å²) in [6, 6.07) is 13.5. The Bertz CT molecular complexity index is 584. The Morgan fingerprint density at radius 2 is 1.81 bits per heavy atom. The van der Waals surface area contributed by atoms with E-state index in [1.807, 2.05) is 49.5 Å². The molecule has 0 amide bonds. The van der Waals surface area contributed by atoms with Gasteiger partial charge in [0.25, 0.3) is 0 Å². The monoisotopic (exact) mass is 305 g/mol. The first kappa shape index (κ1) is 15.8. The third-order valence-corrected chi connectivity index (χ3v) is 3.71. The summed E-state index contributed by atoms with van der Waals surface area (Å²) < 4.78 is 5.91. The molecule has 0 aromatic heterocycles. The van der Waals surface area contributed by atoms with Crippen LogP contribution >= 0.6 is 11.6 Å². The molecule has 0 fully saturated rings. The smallest absolute Gasteiger partial charge is 0.124 e. The summed E-state index contributed by atoms with van der Waals surface area (Å²) in [7, 11) is 1.91. The van der Waals surface area contributed by atoms with Gasteiger partial charge in [-0.15, -0.1) is 0 Å². The van der Waals surface area contributed by atoms with Gasteiger partial charge in [-0.1, -0.05) is 35.9 Å². The molecule has 0 bridgehead atoms. The maximum Gasteiger partial charge on any atom is 0.124 e. The Morgan fingerprint density at radius 1 is 1.14 bits per heavy atom. The molecule has 0 saturated carbocycles. The zero-order valence-electron chi connectivity index (χ0n) is 12.3. The van der Waals surface area contributed by atoms with E-state index in [0.29, 0.717) is 11.6 Å². The molecule has 0 radical (unpaired) electrons. The van der Waals surface area contributed by atoms with Gasteiger partial charge >= 0.3 is 0 Å². The van der Waals surface area contributed by atoms with Gasteiger partial charge in [-0.05, 0) is 43.3 Å². The zero-order chi connectivity index (χ0) is 15.2. The van der Waals surface area contributed by atoms with Crippen molar-refractivity contribution in [3.05, 3.63) is 64.2 Å². The van der Waals surface area contributed by atoms with Crippen LogP contribution in [0.15, 0.2) is 42.5 Å². The normalized spacial score (nSPS) is 12.2. The van der Waals surface area contributed by atoms with Gasteiger partial charge < -0.3 is 15.2 Å². The number of benzene rings is 2. The van der Waals surface area contributed by atoms with E-state index in [0.717, 1.165) is 22.4 Å². The van der Waals surface area contributed by atoms with Crippen molar-refractivity contribution in [2.24, 2.45) is 0 Å². The molecule has 3 nitrogen and oxygen atoms in total. The average molecular weight is 306 g/mol. The van der Waals surface area contributed by atoms with Crippen LogP contribution in [0.5, 0.6) is 5.75 Å². The zero-order valence-corrected chi connectivity index (χ0v) is 13.0. The van der Waals surface area contributed by atoms with Crippen LogP contribution in [0.25, 0.3) is 0 Å². The second-order valence-electron chi connectivity index (χ2n) is 4.96. The molecule has 2 N–H and O–H groups in total. The van der Waals surface area contributed by atoms with Crippen LogP contribution in [0.4, 0.5) is 0 Å². The van der Waals surface area contributed by atoms with Crippen molar-refractivity contribution in [2.45, 2.75) is 26.2 Å². The fourth-order valence-corrected chi connectivity index (χ4v) is 2.23. The van der Waals surface area contributed by atoms with Crippen molar-refractivity contribution in [3.63, 3.8) is 0 Å². The van der Waals surface area contributed by atoms with Gasteiger partial charge in [0.15, 0.2) is 0 Å². The number of nitrogens with one attached hydrogen (secondary N) is 1. The van der Waals surface area contributed by atoms with Crippen LogP contribution in [-0.2, 0) is 13.2 Å². The first-order chi connectivity index (χ1) is 10.1. The van der Waals surface area contributed by atoms with Crippen LogP contribution in [0.3, 0.4) is 0 Å². The molecule has 2 aromatic carbocycles. The Labute approximate surface area is 130 Å². The van der Waals surface area contributed by atoms with Gasteiger partial charge in [0.2, 0.25) is 0 Å². The molecule has 21 heavy (non-hydrogen) atoms. The summed E-state index contributed by atoms with van der Waals surface area (Å²) in [5.74, 6) is 0.826. The number of rotatable bonds is 6. The van der Waals surface area contributed by atoms with E-state index >= 15 is 0 Å². The number of halogens is 1. The summed E-state index contributed by atoms with van der Waals surface area (Å²) in [5, 5.41) is 12.9. The Hall–Kier alpha value is -1.55. The molecule has 2 aromatic rings. The highest BCUT2D eigenvalue weighted by atomic mass is 35.5. The minimum Gasteiger partial charge on any atom is -0.489 e. The van der Waals surface area contributed by atoms with E-state index in [1.54, 1.807) is 0 Å². The molecular weight excluding hydrogens is 286 g/mol. The van der Waals surface area contributed by atoms with E-state index in [1.165, 1.54) is 0 Å². The molecule has 0 saturated heterocycles. The fourth-order valence-electron chi connectivity index (χ4n) is 2.05. The lowest BCUT2D eigenvalue weighted by atomic mass is 10.1. The number of ether oxygens (including phenoxy) is 1. The Morgan fingerprint density at radius 3 is 2.43 bits per heavy atom. The molecule has 1 atom stereocenters. The molecule has 0 heterocycles. The Balaban J connectivity index is 2.11. The predicted octanol–water partition coefficient (Wildman–Crippen LogP) is 3.69. The molecule has 2 rings (SSSR count). The lowest BCUT2D eigenvalue weighted by Gasteiger charge is -2.17. The first-order valence-corrected chi connectivity index (χ1v) is 7.30. The summed E-state index contributed by atoms with van der Waals surface area (Å²) in [6.45, 7) is 2.60. The minimum absolute atomic E-state index is 0.0577. The quantitative estimate of drug-likeness (QED) is 0.855. The predicted molar refractivity (Wildman–Crippen MR) is 85.6 cm³/mol. The molecule has 0 aliphatic rings. The van der Waals surface area contributed by atoms with E-state index in [-0.39, 0.29) is 12.6 Å². The standard InChI is InChI=1S/C17H20ClNO2/c1-12(19-2)16-9-15(18)7-8-17(16)21-11-14-5-3-13(10-20)4-6-14/h3-9,12,19-20H,10-11H2,1-2H3. The van der Waals surface area contributed by atoms with Crippen LogP contribution in [-0.4, -0.2) is 12.2 Å². The Kier molecular flexibility index (Phi) is 5.62. The lowest BCUT2D eigenvalue weighted by molar-refractivity contribution is 0.281. The van der Waals surface area contributed by atoms with E-state index in [4.69, 9.17) is 21.4 Å². The highest BCUT2D eigenvalue weighted by Crippen LogP contribution is 2.28. The molecule has 0 aliphatic heterocycles. The minimum atomic E-state index is 0.0577. The van der Waals surface area contributed by atoms with Gasteiger partial charge in [0, 0.05) is 16.6 Å². The largest absolute Gasteiger partial charge is 0.489 e. The molecule has 4 heteroatoms. The highest BCUT2D eigenvalue weighted by Gasteiger charge is 2.11.